The minimum atomic E-state index is -0.732. The number of carbonyl (C=O) groups is 1. The molecule has 6 heteroatoms. The molecule has 0 bridgehead atoms. The van der Waals surface area contributed by atoms with E-state index >= 15 is 0 Å². The molecule has 0 aliphatic heterocycles. The van der Waals surface area contributed by atoms with Gasteiger partial charge in [0.05, 0.1) is 16.7 Å². The second kappa shape index (κ2) is 7.30. The summed E-state index contributed by atoms with van der Waals surface area (Å²) in [6.07, 6.45) is -0.732. The molecule has 0 aliphatic carbocycles. The van der Waals surface area contributed by atoms with Crippen molar-refractivity contribution in [2.75, 3.05) is 5.32 Å². The summed E-state index contributed by atoms with van der Waals surface area (Å²) in [7, 11) is 0. The van der Waals surface area contributed by atoms with Crippen LogP contribution in [0, 0.1) is 11.3 Å². The predicted molar refractivity (Wildman–Crippen MR) is 89.0 cm³/mol. The number of halogens is 2. The molecule has 0 fully saturated rings. The lowest BCUT2D eigenvalue weighted by Gasteiger charge is -2.16. The van der Waals surface area contributed by atoms with Gasteiger partial charge in [-0.25, -0.2) is 0 Å². The minimum absolute atomic E-state index is 0.325. The van der Waals surface area contributed by atoms with E-state index in [-0.39, 0.29) is 5.91 Å². The molecule has 2 rings (SSSR count). The number of anilines is 1. The smallest absolute Gasteiger partial charge is 0.265 e. The number of rotatable bonds is 4. The summed E-state index contributed by atoms with van der Waals surface area (Å²) in [6, 6.07) is 13.8. The minimum Gasteiger partial charge on any atom is -0.479 e. The molecule has 0 radical (unpaired) electrons. The van der Waals surface area contributed by atoms with E-state index in [0.717, 1.165) is 4.47 Å². The van der Waals surface area contributed by atoms with Crippen LogP contribution in [-0.4, -0.2) is 12.0 Å². The van der Waals surface area contributed by atoms with Gasteiger partial charge in [-0.1, -0.05) is 33.6 Å². The van der Waals surface area contributed by atoms with E-state index in [2.05, 4.69) is 21.2 Å². The van der Waals surface area contributed by atoms with E-state index in [1.165, 1.54) is 0 Å². The van der Waals surface area contributed by atoms with E-state index < -0.39 is 6.10 Å². The average Bonchev–Trinajstić information content (AvgIpc) is 2.50. The summed E-state index contributed by atoms with van der Waals surface area (Å²) in [5, 5.41) is 12.0. The van der Waals surface area contributed by atoms with E-state index in [1.807, 2.05) is 6.07 Å². The number of benzene rings is 2. The molecular weight excluding hydrogens is 368 g/mol. The predicted octanol–water partition coefficient (Wildman–Crippen LogP) is 4.38. The van der Waals surface area contributed by atoms with Gasteiger partial charge in [0.2, 0.25) is 0 Å². The maximum absolute atomic E-state index is 12.1. The van der Waals surface area contributed by atoms with Crippen LogP contribution in [0.15, 0.2) is 46.9 Å². The average molecular weight is 380 g/mol. The van der Waals surface area contributed by atoms with E-state index in [9.17, 15) is 4.79 Å². The molecule has 0 aromatic heterocycles. The normalized spacial score (nSPS) is 11.4. The Morgan fingerprint density at radius 2 is 2.14 bits per heavy atom. The first kappa shape index (κ1) is 16.3. The molecule has 1 atom stereocenters. The Hall–Kier alpha value is -2.03. The van der Waals surface area contributed by atoms with Gasteiger partial charge in [0, 0.05) is 10.2 Å². The molecular formula is C16H12BrClN2O2. The van der Waals surface area contributed by atoms with Crippen LogP contribution in [0.1, 0.15) is 12.5 Å². The molecule has 0 saturated heterocycles. The number of nitrogens with zero attached hydrogens (tertiary/aromatic N) is 1. The highest BCUT2D eigenvalue weighted by atomic mass is 79.9. The third-order valence-corrected chi connectivity index (χ3v) is 3.61. The van der Waals surface area contributed by atoms with Crippen LogP contribution in [-0.2, 0) is 4.79 Å². The molecule has 0 spiro atoms. The first-order valence-corrected chi connectivity index (χ1v) is 7.59. The lowest BCUT2D eigenvalue weighted by molar-refractivity contribution is -0.122. The Balaban J connectivity index is 2.04. The second-order valence-corrected chi connectivity index (χ2v) is 5.84. The maximum atomic E-state index is 12.1. The topological polar surface area (TPSA) is 62.1 Å². The fourth-order valence-electron chi connectivity index (χ4n) is 1.73. The van der Waals surface area contributed by atoms with Crippen LogP contribution in [0.5, 0.6) is 5.75 Å². The highest BCUT2D eigenvalue weighted by Gasteiger charge is 2.16. The lowest BCUT2D eigenvalue weighted by atomic mass is 10.2. The number of hydrogen-bond acceptors (Lipinski definition) is 3. The number of hydrogen-bond donors (Lipinski definition) is 1. The molecule has 0 heterocycles. The highest BCUT2D eigenvalue weighted by molar-refractivity contribution is 9.10. The number of nitriles is 1. The SMILES string of the molecule is C[C@H](Oc1ccc(Br)cc1Cl)C(=O)Nc1cccc(C#N)c1. The fourth-order valence-corrected chi connectivity index (χ4v) is 2.44. The summed E-state index contributed by atoms with van der Waals surface area (Å²) < 4.78 is 6.39. The molecule has 0 unspecified atom stereocenters. The van der Waals surface area contributed by atoms with Gasteiger partial charge in [0.25, 0.3) is 5.91 Å². The number of carbonyl (C=O) groups excluding carboxylic acids is 1. The second-order valence-electron chi connectivity index (χ2n) is 4.52. The van der Waals surface area contributed by atoms with Crippen molar-refractivity contribution in [3.05, 3.63) is 57.5 Å². The Kier molecular flexibility index (Phi) is 5.42. The third-order valence-electron chi connectivity index (χ3n) is 2.83. The van der Waals surface area contributed by atoms with Gasteiger partial charge in [0.1, 0.15) is 5.75 Å². The van der Waals surface area contributed by atoms with Crippen LogP contribution in [0.25, 0.3) is 0 Å². The number of nitrogens with one attached hydrogen (secondary N) is 1. The van der Waals surface area contributed by atoms with Gasteiger partial charge < -0.3 is 10.1 Å². The third kappa shape index (κ3) is 4.23. The zero-order chi connectivity index (χ0) is 16.1. The van der Waals surface area contributed by atoms with Crippen LogP contribution < -0.4 is 10.1 Å². The highest BCUT2D eigenvalue weighted by Crippen LogP contribution is 2.28. The number of ether oxygens (including phenoxy) is 1. The van der Waals surface area contributed by atoms with E-state index in [0.29, 0.717) is 22.0 Å². The summed E-state index contributed by atoms with van der Waals surface area (Å²) >= 11 is 9.36. The summed E-state index contributed by atoms with van der Waals surface area (Å²) in [6.45, 7) is 1.63. The number of amides is 1. The van der Waals surface area contributed by atoms with Gasteiger partial charge in [-0.3, -0.25) is 4.79 Å². The largest absolute Gasteiger partial charge is 0.479 e. The summed E-state index contributed by atoms with van der Waals surface area (Å²) in [5.74, 6) is 0.104. The van der Waals surface area contributed by atoms with E-state index in [1.54, 1.807) is 49.4 Å². The van der Waals surface area contributed by atoms with Gasteiger partial charge in [0.15, 0.2) is 6.10 Å². The van der Waals surface area contributed by atoms with Crippen LogP contribution in [0.4, 0.5) is 5.69 Å². The van der Waals surface area contributed by atoms with E-state index in [4.69, 9.17) is 21.6 Å². The fraction of sp³-hybridized carbons (Fsp3) is 0.125. The summed E-state index contributed by atoms with van der Waals surface area (Å²) in [4.78, 5) is 12.1. The first-order chi connectivity index (χ1) is 10.5. The van der Waals surface area contributed by atoms with Gasteiger partial charge in [-0.2, -0.15) is 5.26 Å². The molecule has 2 aromatic rings. The Morgan fingerprint density at radius 3 is 2.82 bits per heavy atom. The zero-order valence-electron chi connectivity index (χ0n) is 11.6. The Morgan fingerprint density at radius 1 is 1.36 bits per heavy atom. The standard InChI is InChI=1S/C16H12BrClN2O2/c1-10(22-15-6-5-12(17)8-14(15)18)16(21)20-13-4-2-3-11(7-13)9-19/h2-8,10H,1H3,(H,20,21)/t10-/m0/s1. The molecule has 1 amide bonds. The van der Waals surface area contributed by atoms with Gasteiger partial charge in [-0.15, -0.1) is 0 Å². The van der Waals surface area contributed by atoms with Gasteiger partial charge in [-0.05, 0) is 43.3 Å². The molecule has 112 valence electrons. The molecule has 4 nitrogen and oxygen atoms in total. The van der Waals surface area contributed by atoms with Crippen molar-refractivity contribution in [3.8, 4) is 11.8 Å². The van der Waals surface area contributed by atoms with Crippen molar-refractivity contribution < 1.29 is 9.53 Å². The maximum Gasteiger partial charge on any atom is 0.265 e. The Bertz CT molecular complexity index is 743. The van der Waals surface area contributed by atoms with Crippen molar-refractivity contribution in [1.82, 2.24) is 0 Å². The molecule has 22 heavy (non-hydrogen) atoms. The van der Waals surface area contributed by atoms with Crippen molar-refractivity contribution in [2.45, 2.75) is 13.0 Å². The molecule has 1 N–H and O–H groups in total. The molecule has 0 saturated carbocycles. The van der Waals surface area contributed by atoms with Crippen LogP contribution in [0.3, 0.4) is 0 Å². The van der Waals surface area contributed by atoms with Crippen LogP contribution in [0.2, 0.25) is 5.02 Å². The van der Waals surface area contributed by atoms with Crippen molar-refractivity contribution in [2.24, 2.45) is 0 Å². The van der Waals surface area contributed by atoms with Crippen molar-refractivity contribution >= 4 is 39.1 Å². The van der Waals surface area contributed by atoms with Crippen molar-refractivity contribution in [3.63, 3.8) is 0 Å². The van der Waals surface area contributed by atoms with Crippen molar-refractivity contribution in [1.29, 1.82) is 5.26 Å². The Labute approximate surface area is 141 Å². The van der Waals surface area contributed by atoms with Gasteiger partial charge >= 0.3 is 0 Å². The quantitative estimate of drug-likeness (QED) is 0.857. The first-order valence-electron chi connectivity index (χ1n) is 6.42. The summed E-state index contributed by atoms with van der Waals surface area (Å²) in [5.41, 5.74) is 1.02. The van der Waals surface area contributed by atoms with Crippen LogP contribution >= 0.6 is 27.5 Å². The monoisotopic (exact) mass is 378 g/mol. The molecule has 2 aromatic carbocycles. The zero-order valence-corrected chi connectivity index (χ0v) is 14.0. The molecule has 0 aliphatic rings. The lowest BCUT2D eigenvalue weighted by Crippen LogP contribution is -2.30.